The fraction of sp³-hybridized carbons (Fsp3) is 0.609. The third-order valence-corrected chi connectivity index (χ3v) is 7.50. The monoisotopic (exact) mass is 426 g/mol. The molecule has 1 aromatic rings. The summed E-state index contributed by atoms with van der Waals surface area (Å²) in [6.07, 6.45) is 2.97. The van der Waals surface area contributed by atoms with Gasteiger partial charge in [0.15, 0.2) is 0 Å². The smallest absolute Gasteiger partial charge is 0.255 e. The maximum atomic E-state index is 13.0. The number of imide groups is 1. The minimum absolute atomic E-state index is 0.120. The van der Waals surface area contributed by atoms with Crippen LogP contribution in [0.4, 0.5) is 0 Å². The molecule has 8 nitrogen and oxygen atoms in total. The van der Waals surface area contributed by atoms with Crippen molar-refractivity contribution in [2.45, 2.75) is 44.8 Å². The molecule has 0 saturated carbocycles. The molecule has 3 amide bonds. The molecular weight excluding hydrogens is 396 g/mol. The van der Waals surface area contributed by atoms with Gasteiger partial charge in [0.05, 0.1) is 6.61 Å². The third-order valence-electron chi connectivity index (χ3n) is 7.50. The molecule has 1 aromatic carbocycles. The lowest BCUT2D eigenvalue weighted by molar-refractivity contribution is -0.136. The van der Waals surface area contributed by atoms with E-state index >= 15 is 0 Å². The third kappa shape index (κ3) is 3.88. The van der Waals surface area contributed by atoms with E-state index < -0.39 is 6.04 Å². The highest BCUT2D eigenvalue weighted by molar-refractivity contribution is 6.05. The van der Waals surface area contributed by atoms with Crippen molar-refractivity contribution in [1.29, 1.82) is 0 Å². The minimum Gasteiger partial charge on any atom is -0.381 e. The molecular formula is C23H30N4O4. The summed E-state index contributed by atoms with van der Waals surface area (Å²) in [6.45, 7) is 5.86. The Kier molecular flexibility index (Phi) is 5.54. The Labute approximate surface area is 182 Å². The fourth-order valence-electron chi connectivity index (χ4n) is 5.57. The zero-order chi connectivity index (χ0) is 21.4. The quantitative estimate of drug-likeness (QED) is 0.595. The van der Waals surface area contributed by atoms with Crippen molar-refractivity contribution in [1.82, 2.24) is 20.9 Å². The molecule has 3 N–H and O–H groups in total. The lowest BCUT2D eigenvalue weighted by Gasteiger charge is -2.41. The van der Waals surface area contributed by atoms with Gasteiger partial charge in [0.1, 0.15) is 6.04 Å². The summed E-state index contributed by atoms with van der Waals surface area (Å²) in [4.78, 5) is 38.2. The number of hydrogen-bond acceptors (Lipinski definition) is 6. The van der Waals surface area contributed by atoms with Gasteiger partial charge in [-0.15, -0.1) is 0 Å². The summed E-state index contributed by atoms with van der Waals surface area (Å²) >= 11 is 0. The number of carbonyl (C=O) groups excluding carboxylic acids is 3. The van der Waals surface area contributed by atoms with E-state index in [4.69, 9.17) is 4.74 Å². The number of amides is 3. The molecule has 4 aliphatic rings. The van der Waals surface area contributed by atoms with Crippen LogP contribution in [0.3, 0.4) is 0 Å². The second-order valence-electron chi connectivity index (χ2n) is 9.34. The van der Waals surface area contributed by atoms with E-state index in [0.29, 0.717) is 36.4 Å². The predicted molar refractivity (Wildman–Crippen MR) is 113 cm³/mol. The molecule has 8 heteroatoms. The van der Waals surface area contributed by atoms with Crippen molar-refractivity contribution in [2.75, 3.05) is 32.8 Å². The number of ether oxygens (including phenoxy) is 1. The minimum atomic E-state index is -0.567. The van der Waals surface area contributed by atoms with Crippen LogP contribution in [0.5, 0.6) is 0 Å². The second kappa shape index (κ2) is 8.33. The molecule has 4 aliphatic heterocycles. The first-order valence-electron chi connectivity index (χ1n) is 11.3. The number of rotatable bonds is 5. The van der Waals surface area contributed by atoms with E-state index in [1.807, 2.05) is 12.1 Å². The van der Waals surface area contributed by atoms with E-state index in [1.54, 1.807) is 4.90 Å². The van der Waals surface area contributed by atoms with E-state index in [-0.39, 0.29) is 24.1 Å². The lowest BCUT2D eigenvalue weighted by Crippen LogP contribution is -2.52. The summed E-state index contributed by atoms with van der Waals surface area (Å²) in [6, 6.07) is 5.43. The normalized spacial score (nSPS) is 30.7. The summed E-state index contributed by atoms with van der Waals surface area (Å²) in [5.41, 5.74) is 2.98. The highest BCUT2D eigenvalue weighted by Gasteiger charge is 2.43. The second-order valence-corrected chi connectivity index (χ2v) is 9.34. The zero-order valence-electron chi connectivity index (χ0n) is 17.7. The number of hydrogen-bond donors (Lipinski definition) is 3. The molecule has 0 aliphatic carbocycles. The molecule has 5 rings (SSSR count). The summed E-state index contributed by atoms with van der Waals surface area (Å²) in [7, 11) is 0. The molecule has 0 aromatic heterocycles. The summed E-state index contributed by atoms with van der Waals surface area (Å²) in [5.74, 6) is -0.212. The van der Waals surface area contributed by atoms with Crippen LogP contribution in [0.1, 0.15) is 47.2 Å². The standard InChI is InChI=1S/C23H30N4O4/c28-20-4-3-19(21(29)26-20)27-13-16-2-1-15(9-18(16)22(27)30)10-25-12-17-11-24-7-5-23(17)6-8-31-14-23/h1-2,9,17,19,24-25H,3-8,10-14H2,(H,26,28,29). The molecule has 3 unspecified atom stereocenters. The predicted octanol–water partition coefficient (Wildman–Crippen LogP) is 0.553. The largest absolute Gasteiger partial charge is 0.381 e. The van der Waals surface area contributed by atoms with Gasteiger partial charge in [-0.1, -0.05) is 12.1 Å². The van der Waals surface area contributed by atoms with Crippen molar-refractivity contribution >= 4 is 17.7 Å². The van der Waals surface area contributed by atoms with Gasteiger partial charge in [0, 0.05) is 43.6 Å². The molecule has 4 heterocycles. The maximum Gasteiger partial charge on any atom is 0.255 e. The van der Waals surface area contributed by atoms with Crippen molar-refractivity contribution in [3.8, 4) is 0 Å². The highest BCUT2D eigenvalue weighted by Crippen LogP contribution is 2.41. The number of piperidine rings is 2. The number of nitrogens with zero attached hydrogens (tertiary/aromatic N) is 1. The maximum absolute atomic E-state index is 13.0. The van der Waals surface area contributed by atoms with E-state index in [9.17, 15) is 14.4 Å². The first-order chi connectivity index (χ1) is 15.1. The van der Waals surface area contributed by atoms with Gasteiger partial charge in [0.25, 0.3) is 5.91 Å². The first-order valence-corrected chi connectivity index (χ1v) is 11.3. The van der Waals surface area contributed by atoms with Crippen LogP contribution in [0.15, 0.2) is 18.2 Å². The van der Waals surface area contributed by atoms with Crippen molar-refractivity contribution < 1.29 is 19.1 Å². The van der Waals surface area contributed by atoms with Gasteiger partial charge in [-0.25, -0.2) is 0 Å². The highest BCUT2D eigenvalue weighted by atomic mass is 16.5. The van der Waals surface area contributed by atoms with Crippen molar-refractivity contribution in [3.05, 3.63) is 34.9 Å². The van der Waals surface area contributed by atoms with Gasteiger partial charge < -0.3 is 20.3 Å². The van der Waals surface area contributed by atoms with Crippen LogP contribution in [0, 0.1) is 11.3 Å². The Bertz CT molecular complexity index is 896. The molecule has 1 spiro atoms. The van der Waals surface area contributed by atoms with Crippen LogP contribution < -0.4 is 16.0 Å². The Morgan fingerprint density at radius 2 is 2.13 bits per heavy atom. The van der Waals surface area contributed by atoms with Crippen LogP contribution >= 0.6 is 0 Å². The lowest BCUT2D eigenvalue weighted by atomic mass is 9.70. The molecule has 3 fully saturated rings. The van der Waals surface area contributed by atoms with Crippen molar-refractivity contribution in [3.63, 3.8) is 0 Å². The van der Waals surface area contributed by atoms with Crippen LogP contribution in [-0.2, 0) is 27.4 Å². The summed E-state index contributed by atoms with van der Waals surface area (Å²) in [5, 5.41) is 9.46. The zero-order valence-corrected chi connectivity index (χ0v) is 17.7. The van der Waals surface area contributed by atoms with Gasteiger partial charge in [-0.2, -0.15) is 0 Å². The van der Waals surface area contributed by atoms with Gasteiger partial charge in [-0.05, 0) is 55.5 Å². The Morgan fingerprint density at radius 3 is 2.94 bits per heavy atom. The number of nitrogens with one attached hydrogen (secondary N) is 3. The number of carbonyl (C=O) groups is 3. The van der Waals surface area contributed by atoms with Crippen LogP contribution in [0.2, 0.25) is 0 Å². The Balaban J connectivity index is 1.21. The van der Waals surface area contributed by atoms with Crippen LogP contribution in [0.25, 0.3) is 0 Å². The summed E-state index contributed by atoms with van der Waals surface area (Å²) < 4.78 is 5.72. The van der Waals surface area contributed by atoms with Gasteiger partial charge in [-0.3, -0.25) is 19.7 Å². The number of benzene rings is 1. The molecule has 166 valence electrons. The molecule has 3 atom stereocenters. The van der Waals surface area contributed by atoms with Crippen LogP contribution in [-0.4, -0.2) is 61.5 Å². The van der Waals surface area contributed by atoms with E-state index in [0.717, 1.165) is 50.4 Å². The molecule has 3 saturated heterocycles. The molecule has 0 radical (unpaired) electrons. The van der Waals surface area contributed by atoms with Gasteiger partial charge in [0.2, 0.25) is 11.8 Å². The number of fused-ring (bicyclic) bond motifs is 1. The van der Waals surface area contributed by atoms with Gasteiger partial charge >= 0.3 is 0 Å². The first kappa shape index (κ1) is 20.6. The Morgan fingerprint density at radius 1 is 1.23 bits per heavy atom. The SMILES string of the molecule is O=C1CCC(N2Cc3ccc(CNCC4CNCCC45CCOC5)cc3C2=O)C(=O)N1. The molecule has 0 bridgehead atoms. The van der Waals surface area contributed by atoms with Crippen molar-refractivity contribution in [2.24, 2.45) is 11.3 Å². The average molecular weight is 427 g/mol. The molecule has 31 heavy (non-hydrogen) atoms. The fourth-order valence-corrected chi connectivity index (χ4v) is 5.57. The topological polar surface area (TPSA) is 99.8 Å². The average Bonchev–Trinajstić information content (AvgIpc) is 3.35. The van der Waals surface area contributed by atoms with E-state index in [2.05, 4.69) is 22.0 Å². The van der Waals surface area contributed by atoms with E-state index in [1.165, 1.54) is 6.42 Å². The Hall–Kier alpha value is -2.29.